The number of ether oxygens (including phenoxy) is 2. The first kappa shape index (κ1) is 32.0. The van der Waals surface area contributed by atoms with Gasteiger partial charge in [0.1, 0.15) is 17.4 Å². The largest absolute Gasteiger partial charge is 0.508 e. The summed E-state index contributed by atoms with van der Waals surface area (Å²) in [5.41, 5.74) is 1.45. The quantitative estimate of drug-likeness (QED) is 0.317. The van der Waals surface area contributed by atoms with Crippen LogP contribution in [0.25, 0.3) is 0 Å². The predicted molar refractivity (Wildman–Crippen MR) is 140 cm³/mol. The molecule has 0 aliphatic carbocycles. The summed E-state index contributed by atoms with van der Waals surface area (Å²) >= 11 is 11.1. The number of phenolic OH excluding ortho intramolecular Hbond substituents is 1. The molecule has 2 aromatic carbocycles. The number of methoxy groups -OCH3 is 1. The molecule has 1 amide bonds. The van der Waals surface area contributed by atoms with Crippen LogP contribution in [0.15, 0.2) is 36.4 Å². The van der Waals surface area contributed by atoms with Gasteiger partial charge in [-0.1, -0.05) is 49.2 Å². The predicted octanol–water partition coefficient (Wildman–Crippen LogP) is 5.87. The van der Waals surface area contributed by atoms with E-state index in [1.54, 1.807) is 20.8 Å². The summed E-state index contributed by atoms with van der Waals surface area (Å²) in [5.74, 6) is -0.561. The Morgan fingerprint density at radius 2 is 1.60 bits per heavy atom. The van der Waals surface area contributed by atoms with Gasteiger partial charge in [0.05, 0.1) is 22.7 Å². The number of alkyl carbamates (subject to hydrolysis) is 1. The molecule has 0 fully saturated rings. The molecule has 0 aliphatic rings. The van der Waals surface area contributed by atoms with Crippen LogP contribution in [0.2, 0.25) is 10.0 Å². The van der Waals surface area contributed by atoms with E-state index in [9.17, 15) is 14.4 Å². The lowest BCUT2D eigenvalue weighted by atomic mass is 10.1. The van der Waals surface area contributed by atoms with Crippen molar-refractivity contribution in [2.24, 2.45) is 0 Å². The molecule has 8 nitrogen and oxygen atoms in total. The SMILES string of the molecule is CC.CNc1ccc(CC(NC(=O)OC(C)(C)C)C(=O)OC)cc1.O=Cc1c(Cl)cc(O)cc1Cl. The molecule has 1 atom stereocenters. The number of carbonyl (C=O) groups excluding carboxylic acids is 3. The van der Waals surface area contributed by atoms with E-state index < -0.39 is 23.7 Å². The minimum absolute atomic E-state index is 0.0504. The number of anilines is 1. The Bertz CT molecular complexity index is 936. The van der Waals surface area contributed by atoms with Crippen LogP contribution in [0.4, 0.5) is 10.5 Å². The van der Waals surface area contributed by atoms with Crippen molar-refractivity contribution < 1.29 is 29.0 Å². The molecule has 1 unspecified atom stereocenters. The summed E-state index contributed by atoms with van der Waals surface area (Å²) in [7, 11) is 3.12. The zero-order valence-corrected chi connectivity index (χ0v) is 22.6. The number of esters is 1. The highest BCUT2D eigenvalue weighted by Crippen LogP contribution is 2.27. The van der Waals surface area contributed by atoms with E-state index in [0.717, 1.165) is 11.3 Å². The molecule has 0 spiro atoms. The first-order valence-electron chi connectivity index (χ1n) is 10.9. The Labute approximate surface area is 216 Å². The van der Waals surface area contributed by atoms with E-state index in [2.05, 4.69) is 10.6 Å². The molecule has 35 heavy (non-hydrogen) atoms. The van der Waals surface area contributed by atoms with Crippen LogP contribution < -0.4 is 10.6 Å². The van der Waals surface area contributed by atoms with Crippen molar-refractivity contribution in [2.75, 3.05) is 19.5 Å². The summed E-state index contributed by atoms with van der Waals surface area (Å²) in [6.45, 7) is 9.28. The van der Waals surface area contributed by atoms with Crippen molar-refractivity contribution in [2.45, 2.75) is 52.7 Å². The van der Waals surface area contributed by atoms with E-state index in [1.165, 1.54) is 19.2 Å². The molecule has 194 valence electrons. The zero-order valence-electron chi connectivity index (χ0n) is 21.1. The molecular weight excluding hydrogens is 495 g/mol. The molecule has 3 N–H and O–H groups in total. The fourth-order valence-electron chi connectivity index (χ4n) is 2.51. The highest BCUT2D eigenvalue weighted by molar-refractivity contribution is 6.38. The lowest BCUT2D eigenvalue weighted by Crippen LogP contribution is -2.45. The van der Waals surface area contributed by atoms with Crippen molar-refractivity contribution in [3.63, 3.8) is 0 Å². The van der Waals surface area contributed by atoms with Crippen molar-refractivity contribution >= 4 is 47.2 Å². The van der Waals surface area contributed by atoms with Crippen LogP contribution in [0.5, 0.6) is 5.75 Å². The van der Waals surface area contributed by atoms with Gasteiger partial charge in [0, 0.05) is 19.2 Å². The average molecular weight is 529 g/mol. The summed E-state index contributed by atoms with van der Waals surface area (Å²) in [6, 6.07) is 9.31. The van der Waals surface area contributed by atoms with Gasteiger partial charge >= 0.3 is 12.1 Å². The van der Waals surface area contributed by atoms with Crippen LogP contribution in [0, 0.1) is 0 Å². The highest BCUT2D eigenvalue weighted by atomic mass is 35.5. The van der Waals surface area contributed by atoms with Crippen LogP contribution in [-0.4, -0.2) is 49.3 Å². The maximum absolute atomic E-state index is 11.8. The Morgan fingerprint density at radius 1 is 1.09 bits per heavy atom. The second-order valence-corrected chi connectivity index (χ2v) is 8.63. The normalized spacial score (nSPS) is 10.9. The average Bonchev–Trinajstić information content (AvgIpc) is 2.79. The van der Waals surface area contributed by atoms with Gasteiger partial charge in [-0.05, 0) is 50.6 Å². The van der Waals surface area contributed by atoms with E-state index in [4.69, 9.17) is 37.8 Å². The number of hydrogen-bond donors (Lipinski definition) is 3. The topological polar surface area (TPSA) is 114 Å². The van der Waals surface area contributed by atoms with Gasteiger partial charge in [-0.3, -0.25) is 4.79 Å². The highest BCUT2D eigenvalue weighted by Gasteiger charge is 2.25. The Hall–Kier alpha value is -2.97. The number of aromatic hydroxyl groups is 1. The Balaban J connectivity index is 0.000000742. The number of nitrogens with one attached hydrogen (secondary N) is 2. The zero-order chi connectivity index (χ0) is 27.2. The second kappa shape index (κ2) is 15.8. The van der Waals surface area contributed by atoms with Gasteiger partial charge in [0.15, 0.2) is 6.29 Å². The van der Waals surface area contributed by atoms with Crippen LogP contribution >= 0.6 is 23.2 Å². The van der Waals surface area contributed by atoms with Crippen molar-refractivity contribution in [1.82, 2.24) is 5.32 Å². The molecule has 2 aromatic rings. The minimum Gasteiger partial charge on any atom is -0.508 e. The summed E-state index contributed by atoms with van der Waals surface area (Å²) in [5, 5.41) is 14.8. The number of phenols is 1. The molecule has 0 bridgehead atoms. The molecular formula is C25H34Cl2N2O6. The number of benzene rings is 2. The lowest BCUT2D eigenvalue weighted by molar-refractivity contribution is -0.143. The first-order chi connectivity index (χ1) is 16.4. The monoisotopic (exact) mass is 528 g/mol. The number of amides is 1. The molecule has 2 rings (SSSR count). The molecule has 0 aliphatic heterocycles. The maximum Gasteiger partial charge on any atom is 0.408 e. The molecule has 0 radical (unpaired) electrons. The summed E-state index contributed by atoms with van der Waals surface area (Å²) < 4.78 is 9.91. The molecule has 10 heteroatoms. The minimum atomic E-state index is -0.791. The van der Waals surface area contributed by atoms with Crippen LogP contribution in [-0.2, 0) is 20.7 Å². The lowest BCUT2D eigenvalue weighted by Gasteiger charge is -2.22. The molecule has 0 saturated heterocycles. The number of rotatable bonds is 6. The Morgan fingerprint density at radius 3 is 2.00 bits per heavy atom. The number of carbonyl (C=O) groups is 3. The third-order valence-electron chi connectivity index (χ3n) is 4.04. The van der Waals surface area contributed by atoms with Crippen molar-refractivity contribution in [3.05, 3.63) is 57.6 Å². The summed E-state index contributed by atoms with van der Waals surface area (Å²) in [4.78, 5) is 34.0. The maximum atomic E-state index is 11.8. The number of hydrogen-bond acceptors (Lipinski definition) is 7. The van der Waals surface area contributed by atoms with E-state index >= 15 is 0 Å². The van der Waals surface area contributed by atoms with Gasteiger partial charge in [-0.25, -0.2) is 9.59 Å². The fourth-order valence-corrected chi connectivity index (χ4v) is 3.08. The number of aldehydes is 1. The Kier molecular flexibility index (Phi) is 14.5. The standard InChI is InChI=1S/C16H24N2O4.C7H4Cl2O2.C2H6/c1-16(2,3)22-15(20)18-13(14(19)21-5)10-11-6-8-12(17-4)9-7-11;8-6-1-4(11)2-7(9)5(6)3-10;1-2/h6-9,13,17H,10H2,1-5H3,(H,18,20);1-3,11H;1-2H3. The van der Waals surface area contributed by atoms with Gasteiger partial charge in [0.25, 0.3) is 0 Å². The number of halogens is 2. The third-order valence-corrected chi connectivity index (χ3v) is 4.67. The fraction of sp³-hybridized carbons (Fsp3) is 0.400. The van der Waals surface area contributed by atoms with Gasteiger partial charge in [-0.15, -0.1) is 0 Å². The molecule has 0 aromatic heterocycles. The van der Waals surface area contributed by atoms with E-state index in [0.29, 0.717) is 12.7 Å². The first-order valence-corrected chi connectivity index (χ1v) is 11.6. The van der Waals surface area contributed by atoms with Crippen molar-refractivity contribution in [3.8, 4) is 5.75 Å². The van der Waals surface area contributed by atoms with E-state index in [-0.39, 0.29) is 21.4 Å². The van der Waals surface area contributed by atoms with Gasteiger partial charge in [-0.2, -0.15) is 0 Å². The van der Waals surface area contributed by atoms with Crippen LogP contribution in [0.3, 0.4) is 0 Å². The van der Waals surface area contributed by atoms with Gasteiger partial charge < -0.3 is 25.2 Å². The van der Waals surface area contributed by atoms with E-state index in [1.807, 2.05) is 45.2 Å². The second-order valence-electron chi connectivity index (χ2n) is 7.81. The van der Waals surface area contributed by atoms with Crippen LogP contribution in [0.1, 0.15) is 50.5 Å². The van der Waals surface area contributed by atoms with Gasteiger partial charge in [0.2, 0.25) is 0 Å². The van der Waals surface area contributed by atoms with Crippen molar-refractivity contribution in [1.29, 1.82) is 0 Å². The molecule has 0 heterocycles. The smallest absolute Gasteiger partial charge is 0.408 e. The third kappa shape index (κ3) is 12.3. The molecule has 0 saturated carbocycles. The summed E-state index contributed by atoms with van der Waals surface area (Å²) in [6.07, 6.45) is 0.231.